The van der Waals surface area contributed by atoms with Crippen LogP contribution in [0, 0.1) is 41.4 Å². The Morgan fingerprint density at radius 3 is 2.46 bits per heavy atom. The third-order valence-corrected chi connectivity index (χ3v) is 8.31. The van der Waals surface area contributed by atoms with Gasteiger partial charge in [-0.15, -0.1) is 0 Å². The second-order valence-corrected chi connectivity index (χ2v) is 10.8. The Kier molecular flexibility index (Phi) is 3.89. The van der Waals surface area contributed by atoms with Gasteiger partial charge >= 0.3 is 11.9 Å². The molecule has 154 valence electrons. The number of fused-ring (bicyclic) bond motifs is 3. The number of hydrogen-bond donors (Lipinski definition) is 0. The van der Waals surface area contributed by atoms with E-state index in [0.717, 1.165) is 19.3 Å². The molecule has 0 radical (unpaired) electrons. The van der Waals surface area contributed by atoms with Gasteiger partial charge in [-0.05, 0) is 70.6 Å². The largest absolute Gasteiger partial charge is 0.460 e. The van der Waals surface area contributed by atoms with Crippen LogP contribution in [0.25, 0.3) is 0 Å². The Morgan fingerprint density at radius 1 is 1.11 bits per heavy atom. The molecule has 9 unspecified atom stereocenters. The highest BCUT2D eigenvalue weighted by Crippen LogP contribution is 2.66. The van der Waals surface area contributed by atoms with Crippen molar-refractivity contribution in [1.29, 1.82) is 0 Å². The molecule has 1 heterocycles. The number of hydrogen-bond acceptors (Lipinski definition) is 5. The number of carbonyl (C=O) groups excluding carboxylic acids is 2. The van der Waals surface area contributed by atoms with Crippen molar-refractivity contribution in [2.45, 2.75) is 77.3 Å². The van der Waals surface area contributed by atoms with Gasteiger partial charge in [-0.2, -0.15) is 0 Å². The normalized spacial score (nSPS) is 47.0. The average molecular weight is 389 g/mol. The van der Waals surface area contributed by atoms with Gasteiger partial charge in [-0.1, -0.05) is 12.2 Å². The van der Waals surface area contributed by atoms with Crippen LogP contribution in [0.15, 0.2) is 12.2 Å². The van der Waals surface area contributed by atoms with Crippen molar-refractivity contribution in [3.8, 4) is 0 Å². The van der Waals surface area contributed by atoms with Gasteiger partial charge < -0.3 is 14.2 Å². The second-order valence-electron chi connectivity index (χ2n) is 10.8. The van der Waals surface area contributed by atoms with Gasteiger partial charge in [0.1, 0.15) is 11.7 Å². The van der Waals surface area contributed by atoms with Crippen LogP contribution in [-0.2, 0) is 23.8 Å². The Labute approximate surface area is 167 Å². The number of allylic oxidation sites excluding steroid dienone is 2. The van der Waals surface area contributed by atoms with Crippen molar-refractivity contribution in [1.82, 2.24) is 0 Å². The van der Waals surface area contributed by atoms with Crippen molar-refractivity contribution in [2.24, 2.45) is 41.4 Å². The van der Waals surface area contributed by atoms with Gasteiger partial charge in [0.2, 0.25) is 0 Å². The van der Waals surface area contributed by atoms with E-state index in [0.29, 0.717) is 23.7 Å². The molecule has 0 spiro atoms. The Balaban J connectivity index is 1.40. The van der Waals surface area contributed by atoms with E-state index in [1.165, 1.54) is 6.92 Å². The summed E-state index contributed by atoms with van der Waals surface area (Å²) < 4.78 is 18.4. The zero-order chi connectivity index (χ0) is 20.0. The highest BCUT2D eigenvalue weighted by Gasteiger charge is 2.72. The summed E-state index contributed by atoms with van der Waals surface area (Å²) in [5.74, 6) is 1.59. The van der Waals surface area contributed by atoms with Gasteiger partial charge in [-0.25, -0.2) is 0 Å². The van der Waals surface area contributed by atoms with Crippen LogP contribution >= 0.6 is 0 Å². The number of esters is 2. The minimum atomic E-state index is -0.605. The molecular formula is C23H32O5. The molecule has 1 saturated heterocycles. The maximum absolute atomic E-state index is 13.0. The van der Waals surface area contributed by atoms with Crippen molar-refractivity contribution in [3.63, 3.8) is 0 Å². The third kappa shape index (κ3) is 2.54. The summed E-state index contributed by atoms with van der Waals surface area (Å²) in [4.78, 5) is 24.8. The standard InChI is InChI=1S/C23H32O5/c1-11(24)27-22(2,3)17-15-10-16-18(17)23(4,5)28-20(16)19(15)26-21(25)14-9-12-6-7-13(14)8-12/h6-7,12-20H,8-10H2,1-5H3. The molecule has 5 heteroatoms. The fourth-order valence-electron chi connectivity index (χ4n) is 7.65. The SMILES string of the molecule is CC(=O)OC(C)(C)C1C2CC3C(OC(C)(C)C31)C2OC(=O)C1CC2C=CC1C2. The number of rotatable bonds is 4. The predicted octanol–water partition coefficient (Wildman–Crippen LogP) is 3.51. The zero-order valence-electron chi connectivity index (χ0n) is 17.5. The highest BCUT2D eigenvalue weighted by atomic mass is 16.6. The lowest BCUT2D eigenvalue weighted by atomic mass is 9.66. The molecule has 5 rings (SSSR count). The van der Waals surface area contributed by atoms with Gasteiger partial charge in [0.05, 0.1) is 17.6 Å². The molecule has 1 aliphatic heterocycles. The molecule has 5 aliphatic rings. The van der Waals surface area contributed by atoms with Crippen LogP contribution in [0.5, 0.6) is 0 Å². The second kappa shape index (κ2) is 5.84. The summed E-state index contributed by atoms with van der Waals surface area (Å²) in [5.41, 5.74) is -0.909. The molecule has 4 bridgehead atoms. The zero-order valence-corrected chi connectivity index (χ0v) is 17.5. The van der Waals surface area contributed by atoms with Crippen LogP contribution in [0.2, 0.25) is 0 Å². The minimum absolute atomic E-state index is 0.000679. The summed E-state index contributed by atoms with van der Waals surface area (Å²) in [7, 11) is 0. The number of carbonyl (C=O) groups is 2. The monoisotopic (exact) mass is 388 g/mol. The average Bonchev–Trinajstić information content (AvgIpc) is 3.34. The predicted molar refractivity (Wildman–Crippen MR) is 102 cm³/mol. The molecule has 9 atom stereocenters. The Hall–Kier alpha value is -1.36. The van der Waals surface area contributed by atoms with E-state index in [1.54, 1.807) is 0 Å². The molecule has 0 aromatic heterocycles. The Morgan fingerprint density at radius 2 is 1.86 bits per heavy atom. The lowest BCUT2D eigenvalue weighted by Gasteiger charge is -2.43. The lowest BCUT2D eigenvalue weighted by molar-refractivity contribution is -0.176. The van der Waals surface area contributed by atoms with Crippen molar-refractivity contribution >= 4 is 11.9 Å². The van der Waals surface area contributed by atoms with Crippen molar-refractivity contribution in [2.75, 3.05) is 0 Å². The first kappa shape index (κ1) is 18.7. The van der Waals surface area contributed by atoms with E-state index >= 15 is 0 Å². The van der Waals surface area contributed by atoms with E-state index in [9.17, 15) is 9.59 Å². The maximum atomic E-state index is 13.0. The quantitative estimate of drug-likeness (QED) is 0.545. The van der Waals surface area contributed by atoms with Crippen LogP contribution in [0.4, 0.5) is 0 Å². The van der Waals surface area contributed by atoms with Crippen LogP contribution in [0.3, 0.4) is 0 Å². The van der Waals surface area contributed by atoms with Crippen molar-refractivity contribution in [3.05, 3.63) is 12.2 Å². The summed E-state index contributed by atoms with van der Waals surface area (Å²) in [5, 5.41) is 0. The van der Waals surface area contributed by atoms with Crippen LogP contribution in [-0.4, -0.2) is 35.3 Å². The lowest BCUT2D eigenvalue weighted by Crippen LogP contribution is -2.51. The molecule has 3 saturated carbocycles. The summed E-state index contributed by atoms with van der Waals surface area (Å²) in [6, 6.07) is 0. The Bertz CT molecular complexity index is 737. The first-order chi connectivity index (χ1) is 13.1. The highest BCUT2D eigenvalue weighted by molar-refractivity contribution is 5.74. The van der Waals surface area contributed by atoms with Crippen LogP contribution in [0.1, 0.15) is 53.9 Å². The summed E-state index contributed by atoms with van der Waals surface area (Å²) in [6.07, 6.45) is 7.19. The van der Waals surface area contributed by atoms with Gasteiger partial charge in [-0.3, -0.25) is 9.59 Å². The van der Waals surface area contributed by atoms with E-state index in [2.05, 4.69) is 26.0 Å². The topological polar surface area (TPSA) is 61.8 Å². The van der Waals surface area contributed by atoms with Gasteiger partial charge in [0.15, 0.2) is 0 Å². The molecule has 5 nitrogen and oxygen atoms in total. The molecule has 28 heavy (non-hydrogen) atoms. The fraction of sp³-hybridized carbons (Fsp3) is 0.826. The first-order valence-corrected chi connectivity index (χ1v) is 10.8. The fourth-order valence-corrected chi connectivity index (χ4v) is 7.65. The van der Waals surface area contributed by atoms with E-state index in [1.807, 2.05) is 13.8 Å². The van der Waals surface area contributed by atoms with E-state index < -0.39 is 5.60 Å². The van der Waals surface area contributed by atoms with E-state index in [-0.39, 0.29) is 47.5 Å². The molecule has 0 aromatic rings. The van der Waals surface area contributed by atoms with Gasteiger partial charge in [0, 0.05) is 18.8 Å². The molecule has 4 aliphatic carbocycles. The summed E-state index contributed by atoms with van der Waals surface area (Å²) in [6.45, 7) is 9.74. The molecular weight excluding hydrogens is 356 g/mol. The molecule has 0 amide bonds. The molecule has 0 N–H and O–H groups in total. The van der Waals surface area contributed by atoms with Crippen LogP contribution < -0.4 is 0 Å². The number of ether oxygens (including phenoxy) is 3. The van der Waals surface area contributed by atoms with E-state index in [4.69, 9.17) is 14.2 Å². The molecule has 0 aromatic carbocycles. The molecule has 4 fully saturated rings. The summed E-state index contributed by atoms with van der Waals surface area (Å²) >= 11 is 0. The van der Waals surface area contributed by atoms with Gasteiger partial charge in [0.25, 0.3) is 0 Å². The maximum Gasteiger partial charge on any atom is 0.309 e. The smallest absolute Gasteiger partial charge is 0.309 e. The third-order valence-electron chi connectivity index (χ3n) is 8.31. The van der Waals surface area contributed by atoms with Crippen molar-refractivity contribution < 1.29 is 23.8 Å². The minimum Gasteiger partial charge on any atom is -0.460 e. The first-order valence-electron chi connectivity index (χ1n) is 10.8.